The Kier molecular flexibility index (Phi) is 5.75. The largest absolute Gasteiger partial charge is 0.381 e. The summed E-state index contributed by atoms with van der Waals surface area (Å²) in [5.41, 5.74) is 0.442. The lowest BCUT2D eigenvalue weighted by Gasteiger charge is -2.32. The van der Waals surface area contributed by atoms with Gasteiger partial charge in [-0.1, -0.05) is 18.1 Å². The molecule has 1 aromatic heterocycles. The molecule has 2 heterocycles. The highest BCUT2D eigenvalue weighted by atomic mass is 19.1. The zero-order chi connectivity index (χ0) is 17.8. The Morgan fingerprint density at radius 1 is 1.28 bits per heavy atom. The Labute approximate surface area is 145 Å². The highest BCUT2D eigenvalue weighted by Gasteiger charge is 2.32. The molecule has 25 heavy (non-hydrogen) atoms. The molecule has 5 nitrogen and oxygen atoms in total. The fraction of sp³-hybridized carbons (Fsp3) is 0.556. The van der Waals surface area contributed by atoms with Crippen LogP contribution < -0.4 is 5.32 Å². The smallest absolute Gasteiger partial charge is 0.244 e. The number of hydrogen-bond acceptors (Lipinski definition) is 5. The van der Waals surface area contributed by atoms with Crippen LogP contribution in [0.2, 0.25) is 0 Å². The molecule has 0 bridgehead atoms. The van der Waals surface area contributed by atoms with E-state index >= 15 is 0 Å². The van der Waals surface area contributed by atoms with Gasteiger partial charge in [0.05, 0.1) is 6.04 Å². The molecule has 1 aliphatic heterocycles. The minimum Gasteiger partial charge on any atom is -0.381 e. The fourth-order valence-electron chi connectivity index (χ4n) is 3.33. The van der Waals surface area contributed by atoms with Gasteiger partial charge >= 0.3 is 0 Å². The molecule has 0 aliphatic carbocycles. The van der Waals surface area contributed by atoms with E-state index in [1.54, 1.807) is 6.92 Å². The van der Waals surface area contributed by atoms with Gasteiger partial charge in [-0.25, -0.2) is 8.78 Å². The number of benzene rings is 1. The van der Waals surface area contributed by atoms with Crippen LogP contribution in [0.15, 0.2) is 22.7 Å². The van der Waals surface area contributed by atoms with Crippen molar-refractivity contribution in [3.63, 3.8) is 0 Å². The summed E-state index contributed by atoms with van der Waals surface area (Å²) in [6.45, 7) is 5.08. The first-order valence-electron chi connectivity index (χ1n) is 8.67. The first-order chi connectivity index (χ1) is 12.1. The van der Waals surface area contributed by atoms with Crippen molar-refractivity contribution in [3.05, 3.63) is 47.1 Å². The van der Waals surface area contributed by atoms with Gasteiger partial charge in [0.15, 0.2) is 5.82 Å². The van der Waals surface area contributed by atoms with Crippen LogP contribution in [0.3, 0.4) is 0 Å². The molecule has 1 fully saturated rings. The van der Waals surface area contributed by atoms with Crippen molar-refractivity contribution >= 4 is 0 Å². The van der Waals surface area contributed by atoms with E-state index in [-0.39, 0.29) is 18.0 Å². The second-order valence-corrected chi connectivity index (χ2v) is 6.40. The standard InChI is InChI=1S/C18H23F2N3O2/c1-3-16(14-5-4-13(19)10-15(14)20)22-17(12-6-8-24-9-7-12)18-21-11(2)23-25-18/h4-5,10,12,16-17,22H,3,6-9H2,1-2H3/t16-,17-/m0/s1. The quantitative estimate of drug-likeness (QED) is 0.856. The van der Waals surface area contributed by atoms with Crippen LogP contribution in [-0.2, 0) is 4.74 Å². The van der Waals surface area contributed by atoms with Crippen LogP contribution in [0, 0.1) is 24.5 Å². The maximum Gasteiger partial charge on any atom is 0.244 e. The van der Waals surface area contributed by atoms with Gasteiger partial charge in [0.1, 0.15) is 11.6 Å². The van der Waals surface area contributed by atoms with Gasteiger partial charge in [-0.3, -0.25) is 5.32 Å². The van der Waals surface area contributed by atoms with E-state index in [2.05, 4.69) is 15.5 Å². The first kappa shape index (κ1) is 17.9. The molecule has 2 aromatic rings. The monoisotopic (exact) mass is 351 g/mol. The average Bonchev–Trinajstić information content (AvgIpc) is 3.04. The molecule has 136 valence electrons. The predicted molar refractivity (Wildman–Crippen MR) is 87.8 cm³/mol. The molecule has 0 amide bonds. The maximum absolute atomic E-state index is 14.2. The van der Waals surface area contributed by atoms with Crippen LogP contribution >= 0.6 is 0 Å². The fourth-order valence-corrected chi connectivity index (χ4v) is 3.33. The lowest BCUT2D eigenvalue weighted by Crippen LogP contribution is -2.35. The third kappa shape index (κ3) is 4.22. The van der Waals surface area contributed by atoms with E-state index in [1.807, 2.05) is 6.92 Å². The van der Waals surface area contributed by atoms with Crippen LogP contribution in [0.25, 0.3) is 0 Å². The molecule has 3 rings (SSSR count). The second-order valence-electron chi connectivity index (χ2n) is 6.40. The molecule has 0 saturated carbocycles. The van der Waals surface area contributed by atoms with Crippen molar-refractivity contribution in [1.82, 2.24) is 15.5 Å². The maximum atomic E-state index is 14.2. The number of nitrogens with one attached hydrogen (secondary N) is 1. The van der Waals surface area contributed by atoms with Crippen LogP contribution in [0.1, 0.15) is 55.5 Å². The molecule has 1 aromatic carbocycles. The summed E-state index contributed by atoms with van der Waals surface area (Å²) in [5.74, 6) is 0.197. The number of halogens is 2. The third-order valence-electron chi connectivity index (χ3n) is 4.67. The van der Waals surface area contributed by atoms with Gasteiger partial charge in [-0.2, -0.15) is 4.98 Å². The normalized spacial score (nSPS) is 18.2. The first-order valence-corrected chi connectivity index (χ1v) is 8.67. The van der Waals surface area contributed by atoms with Gasteiger partial charge in [-0.05, 0) is 38.2 Å². The molecular formula is C18H23F2N3O2. The average molecular weight is 351 g/mol. The van der Waals surface area contributed by atoms with Crippen molar-refractivity contribution in [1.29, 1.82) is 0 Å². The zero-order valence-corrected chi connectivity index (χ0v) is 14.5. The van der Waals surface area contributed by atoms with E-state index in [1.165, 1.54) is 12.1 Å². The van der Waals surface area contributed by atoms with Gasteiger partial charge in [-0.15, -0.1) is 0 Å². The highest BCUT2D eigenvalue weighted by molar-refractivity contribution is 5.22. The molecule has 0 radical (unpaired) electrons. The summed E-state index contributed by atoms with van der Waals surface area (Å²) in [6, 6.07) is 3.22. The summed E-state index contributed by atoms with van der Waals surface area (Å²) >= 11 is 0. The molecular weight excluding hydrogens is 328 g/mol. The molecule has 1 N–H and O–H groups in total. The number of aryl methyl sites for hydroxylation is 1. The Bertz CT molecular complexity index is 701. The van der Waals surface area contributed by atoms with E-state index in [9.17, 15) is 8.78 Å². The van der Waals surface area contributed by atoms with Crippen molar-refractivity contribution in [2.45, 2.75) is 45.2 Å². The lowest BCUT2D eigenvalue weighted by molar-refractivity contribution is 0.0465. The predicted octanol–water partition coefficient (Wildman–Crippen LogP) is 3.86. The van der Waals surface area contributed by atoms with Crippen LogP contribution in [-0.4, -0.2) is 23.4 Å². The highest BCUT2D eigenvalue weighted by Crippen LogP contribution is 2.33. The summed E-state index contributed by atoms with van der Waals surface area (Å²) < 4.78 is 38.3. The lowest BCUT2D eigenvalue weighted by atomic mass is 9.90. The summed E-state index contributed by atoms with van der Waals surface area (Å²) in [6.07, 6.45) is 2.37. The Morgan fingerprint density at radius 2 is 2.04 bits per heavy atom. The van der Waals surface area contributed by atoms with Crippen LogP contribution in [0.4, 0.5) is 8.78 Å². The van der Waals surface area contributed by atoms with Crippen molar-refractivity contribution in [2.75, 3.05) is 13.2 Å². The number of nitrogens with zero attached hydrogens (tertiary/aromatic N) is 2. The molecule has 0 spiro atoms. The molecule has 0 unspecified atom stereocenters. The van der Waals surface area contributed by atoms with Crippen molar-refractivity contribution in [2.24, 2.45) is 5.92 Å². The zero-order valence-electron chi connectivity index (χ0n) is 14.5. The molecule has 2 atom stereocenters. The second kappa shape index (κ2) is 8.01. The Hall–Kier alpha value is -1.86. The topological polar surface area (TPSA) is 60.2 Å². The van der Waals surface area contributed by atoms with Gasteiger partial charge in [0, 0.05) is 30.9 Å². The number of rotatable bonds is 6. The summed E-state index contributed by atoms with van der Waals surface area (Å²) in [7, 11) is 0. The SMILES string of the molecule is CC[C@H](N[C@H](c1nc(C)no1)C1CCOCC1)c1ccc(F)cc1F. The number of aromatic nitrogens is 2. The molecule has 1 saturated heterocycles. The van der Waals surface area contributed by atoms with Crippen molar-refractivity contribution in [3.8, 4) is 0 Å². The Balaban J connectivity index is 1.86. The van der Waals surface area contributed by atoms with Crippen molar-refractivity contribution < 1.29 is 18.0 Å². The van der Waals surface area contributed by atoms with Gasteiger partial charge in [0.2, 0.25) is 5.89 Å². The Morgan fingerprint density at radius 3 is 2.64 bits per heavy atom. The van der Waals surface area contributed by atoms with Gasteiger partial charge in [0.25, 0.3) is 0 Å². The van der Waals surface area contributed by atoms with E-state index in [4.69, 9.17) is 9.26 Å². The summed E-state index contributed by atoms with van der Waals surface area (Å²) in [5, 5.41) is 7.35. The summed E-state index contributed by atoms with van der Waals surface area (Å²) in [4.78, 5) is 4.37. The van der Waals surface area contributed by atoms with E-state index in [0.29, 0.717) is 36.9 Å². The third-order valence-corrected chi connectivity index (χ3v) is 4.67. The molecule has 1 aliphatic rings. The minimum atomic E-state index is -0.579. The van der Waals surface area contributed by atoms with E-state index < -0.39 is 11.6 Å². The van der Waals surface area contributed by atoms with Crippen LogP contribution in [0.5, 0.6) is 0 Å². The van der Waals surface area contributed by atoms with Gasteiger partial charge < -0.3 is 9.26 Å². The minimum absolute atomic E-state index is 0.195. The number of ether oxygens (including phenoxy) is 1. The molecule has 7 heteroatoms. The number of hydrogen-bond donors (Lipinski definition) is 1. The van der Waals surface area contributed by atoms with E-state index in [0.717, 1.165) is 18.9 Å².